The van der Waals surface area contributed by atoms with Crippen LogP contribution in [0.3, 0.4) is 0 Å². The topological polar surface area (TPSA) is 42.6 Å². The van der Waals surface area contributed by atoms with E-state index in [2.05, 4.69) is 0 Å². The minimum absolute atomic E-state index is 0.164. The van der Waals surface area contributed by atoms with E-state index in [9.17, 15) is 5.11 Å². The molecule has 2 atom stereocenters. The fraction of sp³-hybridized carbons (Fsp3) is 0.500. The van der Waals surface area contributed by atoms with Crippen molar-refractivity contribution in [2.45, 2.75) is 39.9 Å². The molecule has 0 aliphatic carbocycles. The standard InChI is InChI=1S/C16H22O3/c1-10-7-6-8-11-9-12(19-14(10)11)13(17)15(18-5)16(2,3)4/h6-9,13,15,17H,1-5H3. The normalized spacial score (nSPS) is 15.7. The number of rotatable bonds is 3. The Morgan fingerprint density at radius 1 is 1.26 bits per heavy atom. The molecule has 0 saturated heterocycles. The summed E-state index contributed by atoms with van der Waals surface area (Å²) in [5, 5.41) is 11.5. The second-order valence-corrected chi connectivity index (χ2v) is 6.11. The van der Waals surface area contributed by atoms with Crippen LogP contribution in [0.2, 0.25) is 0 Å². The summed E-state index contributed by atoms with van der Waals surface area (Å²) in [6, 6.07) is 7.87. The lowest BCUT2D eigenvalue weighted by atomic mass is 9.85. The lowest BCUT2D eigenvalue weighted by molar-refractivity contribution is -0.0793. The third-order valence-corrected chi connectivity index (χ3v) is 3.45. The van der Waals surface area contributed by atoms with Gasteiger partial charge in [-0.1, -0.05) is 39.0 Å². The predicted octanol–water partition coefficient (Wildman–Crippen LogP) is 3.84. The zero-order chi connectivity index (χ0) is 14.2. The maximum absolute atomic E-state index is 10.5. The van der Waals surface area contributed by atoms with E-state index in [-0.39, 0.29) is 11.5 Å². The van der Waals surface area contributed by atoms with Gasteiger partial charge in [0.25, 0.3) is 0 Å². The van der Waals surface area contributed by atoms with Crippen LogP contribution in [0.25, 0.3) is 11.0 Å². The van der Waals surface area contributed by atoms with E-state index < -0.39 is 6.10 Å². The van der Waals surface area contributed by atoms with Crippen LogP contribution in [0, 0.1) is 12.3 Å². The first-order valence-corrected chi connectivity index (χ1v) is 6.54. The summed E-state index contributed by atoms with van der Waals surface area (Å²) in [6.45, 7) is 8.12. The molecular formula is C16H22O3. The Bertz CT molecular complexity index is 563. The molecule has 0 spiro atoms. The van der Waals surface area contributed by atoms with Crippen molar-refractivity contribution < 1.29 is 14.3 Å². The monoisotopic (exact) mass is 262 g/mol. The highest BCUT2D eigenvalue weighted by Gasteiger charge is 2.34. The predicted molar refractivity (Wildman–Crippen MR) is 76.2 cm³/mol. The number of aliphatic hydroxyl groups excluding tert-OH is 1. The molecular weight excluding hydrogens is 240 g/mol. The van der Waals surface area contributed by atoms with Crippen molar-refractivity contribution in [3.63, 3.8) is 0 Å². The number of fused-ring (bicyclic) bond motifs is 1. The molecule has 0 bridgehead atoms. The highest BCUT2D eigenvalue weighted by Crippen LogP contribution is 2.35. The molecule has 0 aliphatic heterocycles. The van der Waals surface area contributed by atoms with Crippen molar-refractivity contribution in [3.8, 4) is 0 Å². The van der Waals surface area contributed by atoms with Crippen LogP contribution in [0.15, 0.2) is 28.7 Å². The highest BCUT2D eigenvalue weighted by molar-refractivity contribution is 5.80. The summed E-state index contributed by atoms with van der Waals surface area (Å²) in [7, 11) is 1.62. The van der Waals surface area contributed by atoms with E-state index in [1.165, 1.54) is 0 Å². The summed E-state index contributed by atoms with van der Waals surface area (Å²) in [4.78, 5) is 0. The second kappa shape index (κ2) is 4.99. The summed E-state index contributed by atoms with van der Waals surface area (Å²) < 4.78 is 11.3. The molecule has 2 unspecified atom stereocenters. The summed E-state index contributed by atoms with van der Waals surface area (Å²) in [5.74, 6) is 0.561. The van der Waals surface area contributed by atoms with E-state index in [1.807, 2.05) is 52.0 Å². The Hall–Kier alpha value is -1.32. The fourth-order valence-electron chi connectivity index (χ4n) is 2.48. The number of ether oxygens (including phenoxy) is 1. The van der Waals surface area contributed by atoms with Crippen LogP contribution in [-0.4, -0.2) is 18.3 Å². The van der Waals surface area contributed by atoms with Crippen LogP contribution in [-0.2, 0) is 4.74 Å². The minimum Gasteiger partial charge on any atom is -0.458 e. The third kappa shape index (κ3) is 2.67. The molecule has 1 N–H and O–H groups in total. The number of hydrogen-bond donors (Lipinski definition) is 1. The van der Waals surface area contributed by atoms with Gasteiger partial charge in [-0.05, 0) is 24.0 Å². The van der Waals surface area contributed by atoms with Crippen molar-refractivity contribution in [2.24, 2.45) is 5.41 Å². The van der Waals surface area contributed by atoms with E-state index in [0.717, 1.165) is 16.5 Å². The van der Waals surface area contributed by atoms with Gasteiger partial charge in [-0.2, -0.15) is 0 Å². The molecule has 0 saturated carbocycles. The maximum atomic E-state index is 10.5. The van der Waals surface area contributed by atoms with E-state index in [4.69, 9.17) is 9.15 Å². The molecule has 3 heteroatoms. The number of furan rings is 1. The molecule has 3 nitrogen and oxygen atoms in total. The lowest BCUT2D eigenvalue weighted by Gasteiger charge is -2.32. The average molecular weight is 262 g/mol. The molecule has 1 aromatic carbocycles. The summed E-state index contributed by atoms with van der Waals surface area (Å²) in [6.07, 6.45) is -1.08. The number of para-hydroxylation sites is 1. The molecule has 1 heterocycles. The average Bonchev–Trinajstić information content (AvgIpc) is 2.73. The molecule has 2 rings (SSSR count). The maximum Gasteiger partial charge on any atom is 0.138 e. The van der Waals surface area contributed by atoms with Crippen molar-refractivity contribution in [1.29, 1.82) is 0 Å². The van der Waals surface area contributed by atoms with Crippen molar-refractivity contribution in [1.82, 2.24) is 0 Å². The van der Waals surface area contributed by atoms with Crippen LogP contribution in [0.1, 0.15) is 38.2 Å². The molecule has 0 fully saturated rings. The quantitative estimate of drug-likeness (QED) is 0.914. The van der Waals surface area contributed by atoms with Gasteiger partial charge in [-0.3, -0.25) is 0 Å². The zero-order valence-corrected chi connectivity index (χ0v) is 12.2. The number of benzene rings is 1. The Kier molecular flexibility index (Phi) is 3.70. The van der Waals surface area contributed by atoms with Crippen molar-refractivity contribution >= 4 is 11.0 Å². The Balaban J connectivity index is 2.41. The van der Waals surface area contributed by atoms with Gasteiger partial charge in [-0.25, -0.2) is 0 Å². The SMILES string of the molecule is COC(C(O)c1cc2cccc(C)c2o1)C(C)(C)C. The van der Waals surface area contributed by atoms with Crippen LogP contribution in [0.4, 0.5) is 0 Å². The van der Waals surface area contributed by atoms with Gasteiger partial charge < -0.3 is 14.3 Å². The second-order valence-electron chi connectivity index (χ2n) is 6.11. The van der Waals surface area contributed by atoms with E-state index >= 15 is 0 Å². The molecule has 19 heavy (non-hydrogen) atoms. The largest absolute Gasteiger partial charge is 0.458 e. The molecule has 2 aromatic rings. The Morgan fingerprint density at radius 2 is 1.95 bits per heavy atom. The van der Waals surface area contributed by atoms with Gasteiger partial charge in [0.05, 0.1) is 6.10 Å². The van der Waals surface area contributed by atoms with E-state index in [0.29, 0.717) is 5.76 Å². The first-order valence-electron chi connectivity index (χ1n) is 6.54. The van der Waals surface area contributed by atoms with Crippen molar-refractivity contribution in [3.05, 3.63) is 35.6 Å². The van der Waals surface area contributed by atoms with Crippen LogP contribution >= 0.6 is 0 Å². The number of methoxy groups -OCH3 is 1. The highest BCUT2D eigenvalue weighted by atomic mass is 16.5. The fourth-order valence-corrected chi connectivity index (χ4v) is 2.48. The first-order chi connectivity index (χ1) is 8.84. The van der Waals surface area contributed by atoms with Gasteiger partial charge in [0.1, 0.15) is 17.4 Å². The van der Waals surface area contributed by atoms with Gasteiger partial charge >= 0.3 is 0 Å². The van der Waals surface area contributed by atoms with Crippen molar-refractivity contribution in [2.75, 3.05) is 7.11 Å². The molecule has 0 aliphatic rings. The van der Waals surface area contributed by atoms with Gasteiger partial charge in [-0.15, -0.1) is 0 Å². The summed E-state index contributed by atoms with van der Waals surface area (Å²) >= 11 is 0. The van der Waals surface area contributed by atoms with Gasteiger partial charge in [0.15, 0.2) is 0 Å². The smallest absolute Gasteiger partial charge is 0.138 e. The van der Waals surface area contributed by atoms with Gasteiger partial charge in [0, 0.05) is 12.5 Å². The molecule has 0 radical (unpaired) electrons. The number of aliphatic hydroxyl groups is 1. The minimum atomic E-state index is -0.767. The third-order valence-electron chi connectivity index (χ3n) is 3.45. The molecule has 104 valence electrons. The van der Waals surface area contributed by atoms with E-state index in [1.54, 1.807) is 7.11 Å². The number of hydrogen-bond acceptors (Lipinski definition) is 3. The Morgan fingerprint density at radius 3 is 2.47 bits per heavy atom. The van der Waals surface area contributed by atoms with Crippen LogP contribution < -0.4 is 0 Å². The zero-order valence-electron chi connectivity index (χ0n) is 12.2. The summed E-state index contributed by atoms with van der Waals surface area (Å²) in [5.41, 5.74) is 1.74. The van der Waals surface area contributed by atoms with Crippen LogP contribution in [0.5, 0.6) is 0 Å². The molecule has 1 aromatic heterocycles. The lowest BCUT2D eigenvalue weighted by Crippen LogP contribution is -2.34. The van der Waals surface area contributed by atoms with Gasteiger partial charge in [0.2, 0.25) is 0 Å². The number of aryl methyl sites for hydroxylation is 1. The Labute approximate surface area is 114 Å². The first kappa shape index (κ1) is 14.1. The molecule has 0 amide bonds.